The molecule has 2 saturated carbocycles. The molecule has 2 fully saturated rings. The van der Waals surface area contributed by atoms with Gasteiger partial charge in [-0.15, -0.1) is 0 Å². The second kappa shape index (κ2) is 9.45. The Hall–Kier alpha value is -1.84. The summed E-state index contributed by atoms with van der Waals surface area (Å²) in [6.07, 6.45) is 15.4. The number of benzene rings is 1. The molecule has 0 unspecified atom stereocenters. The fourth-order valence-electron chi connectivity index (χ4n) is 4.07. The predicted octanol–water partition coefficient (Wildman–Crippen LogP) is 5.23. The Balaban J connectivity index is 0.000000174. The summed E-state index contributed by atoms with van der Waals surface area (Å²) < 4.78 is 0. The highest BCUT2D eigenvalue weighted by Crippen LogP contribution is 2.37. The van der Waals surface area contributed by atoms with Crippen LogP contribution in [0.15, 0.2) is 24.3 Å². The van der Waals surface area contributed by atoms with Gasteiger partial charge in [-0.2, -0.15) is 0 Å². The Morgan fingerprint density at radius 1 is 0.667 bits per heavy atom. The normalized spacial score (nSPS) is 19.2. The van der Waals surface area contributed by atoms with E-state index >= 15 is 0 Å². The number of hydrogen-bond acceptors (Lipinski definition) is 2. The highest BCUT2D eigenvalue weighted by atomic mass is 16.4. The Bertz CT molecular complexity index is 491. The van der Waals surface area contributed by atoms with Crippen LogP contribution in [0.3, 0.4) is 0 Å². The zero-order valence-electron chi connectivity index (χ0n) is 14.2. The van der Waals surface area contributed by atoms with Gasteiger partial charge in [0.25, 0.3) is 0 Å². The van der Waals surface area contributed by atoms with Gasteiger partial charge in [-0.1, -0.05) is 76.3 Å². The fourth-order valence-corrected chi connectivity index (χ4v) is 4.07. The van der Waals surface area contributed by atoms with E-state index < -0.39 is 11.9 Å². The maximum Gasteiger partial charge on any atom is 0.336 e. The van der Waals surface area contributed by atoms with E-state index in [2.05, 4.69) is 0 Å². The molecule has 2 aliphatic rings. The van der Waals surface area contributed by atoms with Gasteiger partial charge in [0.1, 0.15) is 0 Å². The van der Waals surface area contributed by atoms with E-state index in [0.717, 1.165) is 11.8 Å². The van der Waals surface area contributed by atoms with Gasteiger partial charge >= 0.3 is 11.9 Å². The van der Waals surface area contributed by atoms with Gasteiger partial charge in [0.15, 0.2) is 0 Å². The Labute approximate surface area is 143 Å². The van der Waals surface area contributed by atoms with Crippen molar-refractivity contribution >= 4 is 11.9 Å². The smallest absolute Gasteiger partial charge is 0.336 e. The number of carboxylic acids is 2. The van der Waals surface area contributed by atoms with Crippen molar-refractivity contribution in [1.82, 2.24) is 0 Å². The van der Waals surface area contributed by atoms with Gasteiger partial charge in [-0.05, 0) is 24.0 Å². The molecule has 0 bridgehead atoms. The van der Waals surface area contributed by atoms with Gasteiger partial charge in [0.2, 0.25) is 0 Å². The first kappa shape index (κ1) is 18.5. The van der Waals surface area contributed by atoms with Crippen molar-refractivity contribution in [3.8, 4) is 0 Å². The predicted molar refractivity (Wildman–Crippen MR) is 93.5 cm³/mol. The molecule has 0 radical (unpaired) electrons. The average molecular weight is 332 g/mol. The van der Waals surface area contributed by atoms with E-state index in [1.165, 1.54) is 62.8 Å². The van der Waals surface area contributed by atoms with Gasteiger partial charge in [-0.25, -0.2) is 9.59 Å². The zero-order chi connectivity index (χ0) is 17.4. The largest absolute Gasteiger partial charge is 0.478 e. The van der Waals surface area contributed by atoms with Gasteiger partial charge in [0, 0.05) is 0 Å². The molecule has 0 atom stereocenters. The number of carbonyl (C=O) groups is 2. The number of aromatic carboxylic acids is 2. The first-order chi connectivity index (χ1) is 11.6. The van der Waals surface area contributed by atoms with Crippen LogP contribution in [0.25, 0.3) is 0 Å². The third-order valence-electron chi connectivity index (χ3n) is 5.35. The van der Waals surface area contributed by atoms with Crippen molar-refractivity contribution in [2.45, 2.75) is 64.2 Å². The summed E-state index contributed by atoms with van der Waals surface area (Å²) >= 11 is 0. The van der Waals surface area contributed by atoms with E-state index in [9.17, 15) is 9.59 Å². The van der Waals surface area contributed by atoms with Crippen molar-refractivity contribution in [3.05, 3.63) is 35.4 Å². The molecule has 0 aromatic heterocycles. The highest BCUT2D eigenvalue weighted by molar-refractivity contribution is 6.01. The molecule has 0 heterocycles. The quantitative estimate of drug-likeness (QED) is 0.794. The molecule has 0 amide bonds. The van der Waals surface area contributed by atoms with Crippen LogP contribution in [0, 0.1) is 11.8 Å². The molecule has 0 aliphatic heterocycles. The molecule has 0 saturated heterocycles. The van der Waals surface area contributed by atoms with Gasteiger partial charge in [0.05, 0.1) is 11.1 Å². The third kappa shape index (κ3) is 5.36. The lowest BCUT2D eigenvalue weighted by Gasteiger charge is -2.32. The van der Waals surface area contributed by atoms with Gasteiger partial charge < -0.3 is 10.2 Å². The SMILES string of the molecule is C1CCC(C2CCCCC2)CC1.O=C(O)c1ccccc1C(=O)O. The second-order valence-electron chi connectivity index (χ2n) is 6.95. The summed E-state index contributed by atoms with van der Waals surface area (Å²) in [7, 11) is 0. The number of rotatable bonds is 3. The summed E-state index contributed by atoms with van der Waals surface area (Å²) in [5.74, 6) is -0.181. The number of carboxylic acid groups (broad SMARTS) is 2. The van der Waals surface area contributed by atoms with Gasteiger partial charge in [-0.3, -0.25) is 0 Å². The molecule has 2 aliphatic carbocycles. The van der Waals surface area contributed by atoms with Crippen molar-refractivity contribution in [3.63, 3.8) is 0 Å². The van der Waals surface area contributed by atoms with Crippen LogP contribution in [0.4, 0.5) is 0 Å². The van der Waals surface area contributed by atoms with Crippen molar-refractivity contribution in [2.24, 2.45) is 11.8 Å². The summed E-state index contributed by atoms with van der Waals surface area (Å²) in [6.45, 7) is 0. The zero-order valence-corrected chi connectivity index (χ0v) is 14.2. The maximum absolute atomic E-state index is 10.5. The maximum atomic E-state index is 10.5. The molecule has 1 aromatic carbocycles. The summed E-state index contributed by atoms with van der Waals surface area (Å²) in [5, 5.41) is 17.1. The van der Waals surface area contributed by atoms with E-state index in [0.29, 0.717) is 0 Å². The topological polar surface area (TPSA) is 74.6 Å². The fraction of sp³-hybridized carbons (Fsp3) is 0.600. The minimum Gasteiger partial charge on any atom is -0.478 e. The van der Waals surface area contributed by atoms with Crippen molar-refractivity contribution in [1.29, 1.82) is 0 Å². The molecule has 4 heteroatoms. The molecule has 0 spiro atoms. The summed E-state index contributed by atoms with van der Waals surface area (Å²) in [5.41, 5.74) is -0.380. The van der Waals surface area contributed by atoms with Crippen molar-refractivity contribution in [2.75, 3.05) is 0 Å². The molecule has 24 heavy (non-hydrogen) atoms. The van der Waals surface area contributed by atoms with Crippen LogP contribution in [-0.2, 0) is 0 Å². The second-order valence-corrected chi connectivity index (χ2v) is 6.95. The molecule has 1 aromatic rings. The molecule has 4 nitrogen and oxygen atoms in total. The van der Waals surface area contributed by atoms with E-state index in [4.69, 9.17) is 10.2 Å². The van der Waals surface area contributed by atoms with Crippen LogP contribution in [0.2, 0.25) is 0 Å². The molecular weight excluding hydrogens is 304 g/mol. The molecule has 2 N–H and O–H groups in total. The standard InChI is InChI=1S/C12H22.C8H6O4/c1-3-7-11(8-4-1)12-9-5-2-6-10-12;9-7(10)5-3-1-2-4-6(5)8(11)12/h11-12H,1-10H2;1-4H,(H,9,10)(H,11,12). The summed E-state index contributed by atoms with van der Waals surface area (Å²) in [4.78, 5) is 20.9. The monoisotopic (exact) mass is 332 g/mol. The Morgan fingerprint density at radius 3 is 1.29 bits per heavy atom. The van der Waals surface area contributed by atoms with E-state index in [-0.39, 0.29) is 11.1 Å². The van der Waals surface area contributed by atoms with Crippen LogP contribution in [-0.4, -0.2) is 22.2 Å². The lowest BCUT2D eigenvalue weighted by atomic mass is 9.73. The van der Waals surface area contributed by atoms with Crippen LogP contribution >= 0.6 is 0 Å². The molecule has 3 rings (SSSR count). The minimum absolute atomic E-state index is 0.190. The molecular formula is C20H28O4. The van der Waals surface area contributed by atoms with Crippen molar-refractivity contribution < 1.29 is 19.8 Å². The van der Waals surface area contributed by atoms with Crippen LogP contribution in [0.1, 0.15) is 84.9 Å². The first-order valence-electron chi connectivity index (χ1n) is 9.15. The lowest BCUT2D eigenvalue weighted by Crippen LogP contribution is -2.20. The summed E-state index contributed by atoms with van der Waals surface area (Å²) in [6, 6.07) is 5.48. The number of hydrogen-bond donors (Lipinski definition) is 2. The van der Waals surface area contributed by atoms with Crippen LogP contribution in [0.5, 0.6) is 0 Å². The Morgan fingerprint density at radius 2 is 1.00 bits per heavy atom. The highest BCUT2D eigenvalue weighted by Gasteiger charge is 2.24. The third-order valence-corrected chi connectivity index (χ3v) is 5.35. The van der Waals surface area contributed by atoms with Crippen LogP contribution < -0.4 is 0 Å². The average Bonchev–Trinajstić information content (AvgIpc) is 2.63. The molecule has 132 valence electrons. The van der Waals surface area contributed by atoms with E-state index in [1.54, 1.807) is 25.7 Å². The first-order valence-corrected chi connectivity index (χ1v) is 9.15. The van der Waals surface area contributed by atoms with E-state index in [1.807, 2.05) is 0 Å². The minimum atomic E-state index is -1.23. The lowest BCUT2D eigenvalue weighted by molar-refractivity contribution is 0.0651. The Kier molecular flexibility index (Phi) is 7.29.